The fourth-order valence-corrected chi connectivity index (χ4v) is 10.2. The topological polar surface area (TPSA) is 95.9 Å². The van der Waals surface area contributed by atoms with Gasteiger partial charge in [0.1, 0.15) is 0 Å². The molecule has 0 saturated carbocycles. The summed E-state index contributed by atoms with van der Waals surface area (Å²) in [6, 6.07) is -0.630. The van der Waals surface area contributed by atoms with Crippen LogP contribution in [0.2, 0.25) is 0 Å². The smallest absolute Gasteiger partial charge is 0.305 e. The van der Waals surface area contributed by atoms with Gasteiger partial charge in [-0.15, -0.1) is 0 Å². The van der Waals surface area contributed by atoms with E-state index in [1.807, 2.05) is 6.08 Å². The van der Waals surface area contributed by atoms with Crippen LogP contribution in [0.3, 0.4) is 0 Å². The van der Waals surface area contributed by atoms with Gasteiger partial charge < -0.3 is 20.3 Å². The third kappa shape index (κ3) is 57.6. The summed E-state index contributed by atoms with van der Waals surface area (Å²) in [5.74, 6) is -0.0535. The highest BCUT2D eigenvalue weighted by Crippen LogP contribution is 2.18. The van der Waals surface area contributed by atoms with E-state index in [0.29, 0.717) is 19.4 Å². The van der Waals surface area contributed by atoms with Crippen molar-refractivity contribution in [1.29, 1.82) is 0 Å². The van der Waals surface area contributed by atoms with Gasteiger partial charge in [0.05, 0.1) is 25.4 Å². The van der Waals surface area contributed by atoms with Crippen LogP contribution in [0.15, 0.2) is 24.3 Å². The third-order valence-corrected chi connectivity index (χ3v) is 15.2. The number of hydrogen-bond acceptors (Lipinski definition) is 5. The second-order valence-corrected chi connectivity index (χ2v) is 22.5. The number of esters is 1. The number of unbranched alkanes of at least 4 members (excludes halogenated alkanes) is 48. The molecule has 3 N–H and O–H groups in total. The second kappa shape index (κ2) is 61.9. The van der Waals surface area contributed by atoms with Gasteiger partial charge in [-0.25, -0.2) is 0 Å². The zero-order valence-corrected chi connectivity index (χ0v) is 48.7. The Morgan fingerprint density at radius 2 is 0.653 bits per heavy atom. The number of carbonyl (C=O) groups is 2. The maximum Gasteiger partial charge on any atom is 0.305 e. The average Bonchev–Trinajstić information content (AvgIpc) is 3.38. The third-order valence-electron chi connectivity index (χ3n) is 15.2. The molecule has 0 bridgehead atoms. The number of ether oxygens (including phenoxy) is 1. The molecule has 2 atom stereocenters. The number of amides is 1. The lowest BCUT2D eigenvalue weighted by Crippen LogP contribution is -2.45. The lowest BCUT2D eigenvalue weighted by Gasteiger charge is -2.20. The SMILES string of the molecule is CCCCCCCCCCCCCCCCC/C=C/C(O)C(CO)NC(=O)CCCCCCCCCCC/C=C\CCCCCCCCCCCCCCOC(=O)CCCCCCCCCCCCCCC. The molecule has 0 aromatic rings. The first kappa shape index (κ1) is 70.3. The van der Waals surface area contributed by atoms with Gasteiger partial charge in [-0.2, -0.15) is 0 Å². The molecule has 1 amide bonds. The van der Waals surface area contributed by atoms with Crippen molar-refractivity contribution >= 4 is 11.9 Å². The molecule has 6 heteroatoms. The van der Waals surface area contributed by atoms with E-state index >= 15 is 0 Å². The Labute approximate surface area is 450 Å². The summed E-state index contributed by atoms with van der Waals surface area (Å²) >= 11 is 0. The molecule has 0 radical (unpaired) electrons. The normalized spacial score (nSPS) is 12.7. The number of allylic oxidation sites excluding steroid dienone is 3. The van der Waals surface area contributed by atoms with Gasteiger partial charge in [0, 0.05) is 12.8 Å². The first-order chi connectivity index (χ1) is 35.5. The Morgan fingerprint density at radius 3 is 0.986 bits per heavy atom. The van der Waals surface area contributed by atoms with Crippen LogP contribution in [0.25, 0.3) is 0 Å². The lowest BCUT2D eigenvalue weighted by molar-refractivity contribution is -0.143. The van der Waals surface area contributed by atoms with Crippen LogP contribution >= 0.6 is 0 Å². The molecule has 426 valence electrons. The molecule has 0 aliphatic carbocycles. The van der Waals surface area contributed by atoms with Crippen molar-refractivity contribution in [2.75, 3.05) is 13.2 Å². The number of carbonyl (C=O) groups excluding carboxylic acids is 2. The molecule has 2 unspecified atom stereocenters. The number of nitrogens with one attached hydrogen (secondary N) is 1. The Kier molecular flexibility index (Phi) is 60.5. The average molecular weight is 1010 g/mol. The molecule has 72 heavy (non-hydrogen) atoms. The summed E-state index contributed by atoms with van der Waals surface area (Å²) < 4.78 is 5.48. The van der Waals surface area contributed by atoms with E-state index in [1.54, 1.807) is 6.08 Å². The zero-order valence-electron chi connectivity index (χ0n) is 48.7. The van der Waals surface area contributed by atoms with Crippen molar-refractivity contribution < 1.29 is 24.5 Å². The van der Waals surface area contributed by atoms with Crippen molar-refractivity contribution in [3.05, 3.63) is 24.3 Å². The lowest BCUT2D eigenvalue weighted by atomic mass is 10.0. The summed E-state index contributed by atoms with van der Waals surface area (Å²) in [5, 5.41) is 23.2. The summed E-state index contributed by atoms with van der Waals surface area (Å²) in [7, 11) is 0. The molecule has 0 spiro atoms. The van der Waals surface area contributed by atoms with Crippen LogP contribution in [0.5, 0.6) is 0 Å². The minimum atomic E-state index is -0.846. The Balaban J connectivity index is 3.41. The number of rotatable bonds is 61. The van der Waals surface area contributed by atoms with Crippen LogP contribution in [-0.2, 0) is 14.3 Å². The predicted molar refractivity (Wildman–Crippen MR) is 315 cm³/mol. The summed E-state index contributed by atoms with van der Waals surface area (Å²) in [6.07, 6.45) is 76.6. The minimum Gasteiger partial charge on any atom is -0.466 e. The second-order valence-electron chi connectivity index (χ2n) is 22.5. The van der Waals surface area contributed by atoms with E-state index in [-0.39, 0.29) is 18.5 Å². The predicted octanol–water partition coefficient (Wildman–Crippen LogP) is 20.6. The standard InChI is InChI=1S/C66H127NO5/c1-3-5-7-9-11-13-15-17-18-28-31-35-38-42-46-50-54-58-64(69)63(62-68)67-65(70)59-55-51-47-43-39-36-32-29-26-24-22-20-19-21-23-25-27-30-33-37-41-45-49-53-57-61-72-66(71)60-56-52-48-44-40-34-16-14-12-10-8-6-4-2/h20,22,54,58,63-64,68-69H,3-19,21,23-53,55-57,59-62H2,1-2H3,(H,67,70)/b22-20-,58-54+. The van der Waals surface area contributed by atoms with E-state index in [4.69, 9.17) is 4.74 Å². The highest BCUT2D eigenvalue weighted by molar-refractivity contribution is 5.76. The highest BCUT2D eigenvalue weighted by Gasteiger charge is 2.18. The first-order valence-electron chi connectivity index (χ1n) is 32.6. The molecule has 6 nitrogen and oxygen atoms in total. The molecule has 0 aromatic carbocycles. The molecular formula is C66H127NO5. The quantitative estimate of drug-likeness (QED) is 0.0320. The van der Waals surface area contributed by atoms with E-state index in [9.17, 15) is 19.8 Å². The van der Waals surface area contributed by atoms with Crippen molar-refractivity contribution in [2.45, 2.75) is 373 Å². The minimum absolute atomic E-state index is 0.0150. The molecule has 0 saturated heterocycles. The fraction of sp³-hybridized carbons (Fsp3) is 0.909. The summed E-state index contributed by atoms with van der Waals surface area (Å²) in [6.45, 7) is 4.93. The molecule has 0 heterocycles. The number of aliphatic hydroxyl groups excluding tert-OH is 2. The first-order valence-corrected chi connectivity index (χ1v) is 32.6. The van der Waals surface area contributed by atoms with Crippen LogP contribution in [0.1, 0.15) is 361 Å². The van der Waals surface area contributed by atoms with Gasteiger partial charge in [-0.05, 0) is 57.8 Å². The van der Waals surface area contributed by atoms with E-state index in [2.05, 4.69) is 31.3 Å². The molecule has 0 aliphatic heterocycles. The monoisotopic (exact) mass is 1010 g/mol. The van der Waals surface area contributed by atoms with Gasteiger partial charge in [-0.1, -0.05) is 314 Å². The highest BCUT2D eigenvalue weighted by atomic mass is 16.5. The van der Waals surface area contributed by atoms with Crippen LogP contribution in [0.4, 0.5) is 0 Å². The molecule has 0 aromatic heterocycles. The van der Waals surface area contributed by atoms with Crippen molar-refractivity contribution in [3.63, 3.8) is 0 Å². The Bertz CT molecular complexity index is 1120. The number of hydrogen-bond donors (Lipinski definition) is 3. The van der Waals surface area contributed by atoms with Crippen molar-refractivity contribution in [3.8, 4) is 0 Å². The van der Waals surface area contributed by atoms with Crippen LogP contribution in [-0.4, -0.2) is 47.4 Å². The Hall–Kier alpha value is -1.66. The van der Waals surface area contributed by atoms with Crippen molar-refractivity contribution in [2.24, 2.45) is 0 Å². The summed E-state index contributed by atoms with van der Waals surface area (Å²) in [5.41, 5.74) is 0. The Morgan fingerprint density at radius 1 is 0.375 bits per heavy atom. The zero-order chi connectivity index (χ0) is 52.2. The van der Waals surface area contributed by atoms with Crippen LogP contribution in [0, 0.1) is 0 Å². The largest absolute Gasteiger partial charge is 0.466 e. The van der Waals surface area contributed by atoms with Gasteiger partial charge in [0.2, 0.25) is 5.91 Å². The molecular weight excluding hydrogens is 887 g/mol. The molecule has 0 aliphatic rings. The van der Waals surface area contributed by atoms with Gasteiger partial charge >= 0.3 is 5.97 Å². The van der Waals surface area contributed by atoms with Crippen LogP contribution < -0.4 is 5.32 Å². The maximum absolute atomic E-state index is 12.5. The van der Waals surface area contributed by atoms with E-state index in [0.717, 1.165) is 38.5 Å². The van der Waals surface area contributed by atoms with E-state index in [1.165, 1.54) is 295 Å². The molecule has 0 fully saturated rings. The summed E-state index contributed by atoms with van der Waals surface area (Å²) in [4.78, 5) is 24.5. The van der Waals surface area contributed by atoms with Crippen molar-refractivity contribution in [1.82, 2.24) is 5.32 Å². The molecule has 0 rings (SSSR count). The number of aliphatic hydroxyl groups is 2. The van der Waals surface area contributed by atoms with Gasteiger partial charge in [-0.3, -0.25) is 9.59 Å². The van der Waals surface area contributed by atoms with Gasteiger partial charge in [0.25, 0.3) is 0 Å². The van der Waals surface area contributed by atoms with Gasteiger partial charge in [0.15, 0.2) is 0 Å². The fourth-order valence-electron chi connectivity index (χ4n) is 10.2. The van der Waals surface area contributed by atoms with E-state index < -0.39 is 12.1 Å². The maximum atomic E-state index is 12.5.